The summed E-state index contributed by atoms with van der Waals surface area (Å²) in [4.78, 5) is 15.8. The van der Waals surface area contributed by atoms with Crippen LogP contribution in [-0.2, 0) is 0 Å². The molecule has 0 aliphatic carbocycles. The molecule has 2 rings (SSSR count). The second-order valence-corrected chi connectivity index (χ2v) is 3.54. The summed E-state index contributed by atoms with van der Waals surface area (Å²) in [5.74, 6) is 0.880. The van der Waals surface area contributed by atoms with Crippen molar-refractivity contribution in [1.29, 1.82) is 0 Å². The topological polar surface area (TPSA) is 60.4 Å². The molecule has 0 saturated carbocycles. The van der Waals surface area contributed by atoms with Crippen LogP contribution in [-0.4, -0.2) is 21.7 Å². The summed E-state index contributed by atoms with van der Waals surface area (Å²) in [6, 6.07) is 3.61. The first-order valence-electron chi connectivity index (χ1n) is 4.82. The number of nitrogens with zero attached hydrogens (tertiary/aromatic N) is 2. The van der Waals surface area contributed by atoms with Gasteiger partial charge in [-0.05, 0) is 26.0 Å². The zero-order chi connectivity index (χ0) is 11.0. The number of rotatable bonds is 2. The number of aromatic nitrogens is 2. The molecule has 0 fully saturated rings. The van der Waals surface area contributed by atoms with Crippen LogP contribution in [0.2, 0.25) is 0 Å². The number of pyridine rings is 1. The van der Waals surface area contributed by atoms with Crippen LogP contribution in [0.15, 0.2) is 18.3 Å². The quantitative estimate of drug-likeness (QED) is 0.743. The molecule has 0 aliphatic heterocycles. The van der Waals surface area contributed by atoms with Crippen molar-refractivity contribution < 1.29 is 4.79 Å². The fraction of sp³-hybridized carbons (Fsp3) is 0.273. The van der Waals surface area contributed by atoms with Crippen LogP contribution in [0.1, 0.15) is 21.9 Å². The van der Waals surface area contributed by atoms with Gasteiger partial charge in [0.1, 0.15) is 5.82 Å². The molecule has 0 spiro atoms. The van der Waals surface area contributed by atoms with Crippen molar-refractivity contribution in [1.82, 2.24) is 9.38 Å². The van der Waals surface area contributed by atoms with E-state index in [0.717, 1.165) is 17.0 Å². The molecule has 2 N–H and O–H groups in total. The van der Waals surface area contributed by atoms with Gasteiger partial charge in [0.25, 0.3) is 0 Å². The van der Waals surface area contributed by atoms with Crippen LogP contribution in [0.5, 0.6) is 0 Å². The SMILES string of the molecule is Cc1nc(C)n2ccc(C(=O)CN)cc12. The van der Waals surface area contributed by atoms with Crippen molar-refractivity contribution in [3.8, 4) is 0 Å². The third-order valence-electron chi connectivity index (χ3n) is 2.51. The summed E-state index contributed by atoms with van der Waals surface area (Å²) < 4.78 is 1.96. The van der Waals surface area contributed by atoms with Crippen LogP contribution < -0.4 is 5.73 Å². The fourth-order valence-electron chi connectivity index (χ4n) is 1.71. The first kappa shape index (κ1) is 9.86. The Hall–Kier alpha value is -1.68. The molecule has 0 radical (unpaired) electrons. The predicted octanol–water partition coefficient (Wildman–Crippen LogP) is 1.09. The molecule has 0 aromatic carbocycles. The van der Waals surface area contributed by atoms with Gasteiger partial charge in [0.15, 0.2) is 5.78 Å². The van der Waals surface area contributed by atoms with E-state index in [1.807, 2.05) is 30.5 Å². The Balaban J connectivity index is 2.65. The minimum Gasteiger partial charge on any atom is -0.324 e. The van der Waals surface area contributed by atoms with Gasteiger partial charge in [-0.1, -0.05) is 0 Å². The van der Waals surface area contributed by atoms with E-state index < -0.39 is 0 Å². The van der Waals surface area contributed by atoms with Crippen LogP contribution >= 0.6 is 0 Å². The highest BCUT2D eigenvalue weighted by molar-refractivity contribution is 5.98. The summed E-state index contributed by atoms with van der Waals surface area (Å²) in [5, 5.41) is 0. The van der Waals surface area contributed by atoms with Gasteiger partial charge in [-0.3, -0.25) is 4.79 Å². The van der Waals surface area contributed by atoms with E-state index in [1.54, 1.807) is 6.07 Å². The minimum absolute atomic E-state index is 0.0440. The number of Topliss-reactive ketones (excluding diaryl/α,β-unsaturated/α-hetero) is 1. The number of aryl methyl sites for hydroxylation is 2. The monoisotopic (exact) mass is 203 g/mol. The molecule has 0 bridgehead atoms. The Morgan fingerprint density at radius 2 is 2.27 bits per heavy atom. The van der Waals surface area contributed by atoms with Crippen molar-refractivity contribution in [3.63, 3.8) is 0 Å². The van der Waals surface area contributed by atoms with Crippen molar-refractivity contribution in [2.45, 2.75) is 13.8 Å². The average Bonchev–Trinajstić information content (AvgIpc) is 2.53. The number of fused-ring (bicyclic) bond motifs is 1. The second-order valence-electron chi connectivity index (χ2n) is 3.54. The Morgan fingerprint density at radius 1 is 1.53 bits per heavy atom. The first-order valence-corrected chi connectivity index (χ1v) is 4.82. The largest absolute Gasteiger partial charge is 0.324 e. The summed E-state index contributed by atoms with van der Waals surface area (Å²) >= 11 is 0. The van der Waals surface area contributed by atoms with Crippen molar-refractivity contribution in [3.05, 3.63) is 35.4 Å². The van der Waals surface area contributed by atoms with Gasteiger partial charge in [-0.25, -0.2) is 4.98 Å². The number of carbonyl (C=O) groups excluding carboxylic acids is 1. The first-order chi connectivity index (χ1) is 7.13. The van der Waals surface area contributed by atoms with E-state index in [9.17, 15) is 4.79 Å². The molecule has 0 amide bonds. The van der Waals surface area contributed by atoms with Crippen molar-refractivity contribution in [2.24, 2.45) is 5.73 Å². The van der Waals surface area contributed by atoms with Gasteiger partial charge < -0.3 is 10.1 Å². The van der Waals surface area contributed by atoms with Crippen LogP contribution in [0.4, 0.5) is 0 Å². The third-order valence-corrected chi connectivity index (χ3v) is 2.51. The molecule has 4 heteroatoms. The Kier molecular flexibility index (Phi) is 2.28. The van der Waals surface area contributed by atoms with Gasteiger partial charge in [-0.2, -0.15) is 0 Å². The lowest BCUT2D eigenvalue weighted by Gasteiger charge is -2.00. The highest BCUT2D eigenvalue weighted by Crippen LogP contribution is 2.14. The van der Waals surface area contributed by atoms with Crippen molar-refractivity contribution >= 4 is 11.3 Å². The maximum absolute atomic E-state index is 11.4. The standard InChI is InChI=1S/C11H13N3O/c1-7-10-5-9(11(15)6-12)3-4-14(10)8(2)13-7/h3-5H,6,12H2,1-2H3. The van der Waals surface area contributed by atoms with Gasteiger partial charge >= 0.3 is 0 Å². The fourth-order valence-corrected chi connectivity index (χ4v) is 1.71. The number of hydrogen-bond acceptors (Lipinski definition) is 3. The average molecular weight is 203 g/mol. The number of hydrogen-bond donors (Lipinski definition) is 1. The minimum atomic E-state index is -0.0456. The van der Waals surface area contributed by atoms with Crippen LogP contribution in [0.25, 0.3) is 5.52 Å². The molecule has 0 aliphatic rings. The molecule has 4 nitrogen and oxygen atoms in total. The molecule has 0 atom stereocenters. The predicted molar refractivity (Wildman–Crippen MR) is 58.1 cm³/mol. The van der Waals surface area contributed by atoms with E-state index in [2.05, 4.69) is 4.98 Å². The molecule has 78 valence electrons. The van der Waals surface area contributed by atoms with E-state index >= 15 is 0 Å². The number of carbonyl (C=O) groups is 1. The molecular weight excluding hydrogens is 190 g/mol. The Labute approximate surface area is 87.7 Å². The van der Waals surface area contributed by atoms with Gasteiger partial charge in [0, 0.05) is 11.8 Å². The number of ketones is 1. The maximum Gasteiger partial charge on any atom is 0.176 e. The smallest absolute Gasteiger partial charge is 0.176 e. The lowest BCUT2D eigenvalue weighted by Crippen LogP contribution is -2.13. The van der Waals surface area contributed by atoms with Crippen molar-refractivity contribution in [2.75, 3.05) is 6.54 Å². The zero-order valence-electron chi connectivity index (χ0n) is 8.82. The summed E-state index contributed by atoms with van der Waals surface area (Å²) in [5.41, 5.74) is 7.86. The zero-order valence-corrected chi connectivity index (χ0v) is 8.82. The van der Waals surface area contributed by atoms with Gasteiger partial charge in [-0.15, -0.1) is 0 Å². The Bertz CT molecular complexity index is 528. The highest BCUT2D eigenvalue weighted by atomic mass is 16.1. The molecule has 15 heavy (non-hydrogen) atoms. The molecule has 0 saturated heterocycles. The van der Waals surface area contributed by atoms with Crippen LogP contribution in [0, 0.1) is 13.8 Å². The molecule has 2 aromatic rings. The number of imidazole rings is 1. The second kappa shape index (κ2) is 3.47. The molecule has 2 aromatic heterocycles. The Morgan fingerprint density at radius 3 is 2.93 bits per heavy atom. The highest BCUT2D eigenvalue weighted by Gasteiger charge is 2.08. The van der Waals surface area contributed by atoms with Crippen LogP contribution in [0.3, 0.4) is 0 Å². The third kappa shape index (κ3) is 1.53. The van der Waals surface area contributed by atoms with E-state index in [0.29, 0.717) is 5.56 Å². The molecule has 2 heterocycles. The van der Waals surface area contributed by atoms with Gasteiger partial charge in [0.2, 0.25) is 0 Å². The van der Waals surface area contributed by atoms with E-state index in [1.165, 1.54) is 0 Å². The van der Waals surface area contributed by atoms with Gasteiger partial charge in [0.05, 0.1) is 17.8 Å². The normalized spacial score (nSPS) is 10.9. The summed E-state index contributed by atoms with van der Waals surface area (Å²) in [6.45, 7) is 3.91. The molecule has 0 unspecified atom stereocenters. The number of nitrogens with two attached hydrogens (primary N) is 1. The lowest BCUT2D eigenvalue weighted by molar-refractivity contribution is 0.100. The van der Waals surface area contributed by atoms with E-state index in [-0.39, 0.29) is 12.3 Å². The lowest BCUT2D eigenvalue weighted by atomic mass is 10.1. The van der Waals surface area contributed by atoms with E-state index in [4.69, 9.17) is 5.73 Å². The maximum atomic E-state index is 11.4. The summed E-state index contributed by atoms with van der Waals surface area (Å²) in [7, 11) is 0. The molecular formula is C11H13N3O. The summed E-state index contributed by atoms with van der Waals surface area (Å²) in [6.07, 6.45) is 1.85.